The summed E-state index contributed by atoms with van der Waals surface area (Å²) < 4.78 is 35.9. The van der Waals surface area contributed by atoms with E-state index in [0.29, 0.717) is 13.1 Å². The maximum absolute atomic E-state index is 12.0. The van der Waals surface area contributed by atoms with Crippen LogP contribution in [0.3, 0.4) is 0 Å². The Bertz CT molecular complexity index is 305. The van der Waals surface area contributed by atoms with Crippen LogP contribution in [0.2, 0.25) is 0 Å². The number of halogens is 3. The minimum Gasteiger partial charge on any atom is -0.348 e. The van der Waals surface area contributed by atoms with Gasteiger partial charge in [-0.3, -0.25) is 9.69 Å². The average molecular weight is 313 g/mol. The highest BCUT2D eigenvalue weighted by Gasteiger charge is 2.27. The van der Waals surface area contributed by atoms with E-state index >= 15 is 0 Å². The van der Waals surface area contributed by atoms with Gasteiger partial charge in [0, 0.05) is 45.5 Å². The highest BCUT2D eigenvalue weighted by molar-refractivity contribution is 8.00. The molecule has 1 aliphatic heterocycles. The van der Waals surface area contributed by atoms with Crippen molar-refractivity contribution in [2.24, 2.45) is 0 Å². The number of hydrogen-bond acceptors (Lipinski definition) is 4. The number of hydrogen-bond donors (Lipinski definition) is 1. The third-order valence-electron chi connectivity index (χ3n) is 3.25. The van der Waals surface area contributed by atoms with Crippen LogP contribution in [0.15, 0.2) is 0 Å². The number of alkyl halides is 3. The molecule has 1 amide bonds. The Kier molecular flexibility index (Phi) is 7.11. The fraction of sp³-hybridized carbons (Fsp3) is 0.917. The monoisotopic (exact) mass is 313 g/mol. The first-order valence-electron chi connectivity index (χ1n) is 6.64. The molecule has 1 rings (SSSR count). The zero-order chi connectivity index (χ0) is 15.2. The summed E-state index contributed by atoms with van der Waals surface area (Å²) in [4.78, 5) is 15.2. The van der Waals surface area contributed by atoms with Crippen molar-refractivity contribution >= 4 is 17.7 Å². The standard InChI is InChI=1S/C12H22F3N3OS/c1-17(2)11(19)9-18-6-3-10(4-7-18)16-5-8-20-12(13,14)15/h10,16H,3-9H2,1-2H3. The zero-order valence-corrected chi connectivity index (χ0v) is 12.7. The molecule has 8 heteroatoms. The van der Waals surface area contributed by atoms with Crippen molar-refractivity contribution in [3.05, 3.63) is 0 Å². The maximum atomic E-state index is 12.0. The summed E-state index contributed by atoms with van der Waals surface area (Å²) in [6.07, 6.45) is 1.74. The highest BCUT2D eigenvalue weighted by Crippen LogP contribution is 2.29. The Morgan fingerprint density at radius 1 is 1.35 bits per heavy atom. The first kappa shape index (κ1) is 17.6. The SMILES string of the molecule is CN(C)C(=O)CN1CCC(NCCSC(F)(F)F)CC1. The van der Waals surface area contributed by atoms with Crippen molar-refractivity contribution in [3.8, 4) is 0 Å². The predicted molar refractivity (Wildman–Crippen MR) is 74.7 cm³/mol. The van der Waals surface area contributed by atoms with Gasteiger partial charge in [-0.25, -0.2) is 0 Å². The third kappa shape index (κ3) is 7.35. The smallest absolute Gasteiger partial charge is 0.348 e. The van der Waals surface area contributed by atoms with Crippen molar-refractivity contribution in [3.63, 3.8) is 0 Å². The van der Waals surface area contributed by atoms with Gasteiger partial charge in [-0.1, -0.05) is 0 Å². The summed E-state index contributed by atoms with van der Waals surface area (Å²) in [5, 5.41) is 3.15. The molecule has 0 atom stereocenters. The van der Waals surface area contributed by atoms with Crippen LogP contribution in [0.5, 0.6) is 0 Å². The van der Waals surface area contributed by atoms with Gasteiger partial charge in [0.2, 0.25) is 5.91 Å². The van der Waals surface area contributed by atoms with Crippen LogP contribution in [0.1, 0.15) is 12.8 Å². The highest BCUT2D eigenvalue weighted by atomic mass is 32.2. The average Bonchev–Trinajstić information content (AvgIpc) is 2.35. The summed E-state index contributed by atoms with van der Waals surface area (Å²) in [7, 11) is 3.46. The molecule has 20 heavy (non-hydrogen) atoms. The summed E-state index contributed by atoms with van der Waals surface area (Å²) in [6, 6.07) is 0.259. The lowest BCUT2D eigenvalue weighted by Crippen LogP contribution is -2.46. The second kappa shape index (κ2) is 8.09. The first-order chi connectivity index (χ1) is 9.28. The first-order valence-corrected chi connectivity index (χ1v) is 7.63. The van der Waals surface area contributed by atoms with Crippen LogP contribution in [-0.4, -0.2) is 73.3 Å². The Hall–Kier alpha value is -0.470. The minimum atomic E-state index is -4.14. The summed E-state index contributed by atoms with van der Waals surface area (Å²) in [5.41, 5.74) is -4.14. The maximum Gasteiger partial charge on any atom is 0.441 e. The van der Waals surface area contributed by atoms with Gasteiger partial charge in [-0.15, -0.1) is 0 Å². The number of carbonyl (C=O) groups excluding carboxylic acids is 1. The lowest BCUT2D eigenvalue weighted by atomic mass is 10.1. The van der Waals surface area contributed by atoms with E-state index in [9.17, 15) is 18.0 Å². The van der Waals surface area contributed by atoms with Gasteiger partial charge in [0.25, 0.3) is 0 Å². The molecule has 1 aliphatic rings. The Labute approximate surface area is 122 Å². The van der Waals surface area contributed by atoms with E-state index in [4.69, 9.17) is 0 Å². The zero-order valence-electron chi connectivity index (χ0n) is 11.9. The molecule has 1 N–H and O–H groups in total. The van der Waals surface area contributed by atoms with Gasteiger partial charge in [-0.05, 0) is 24.6 Å². The molecule has 0 spiro atoms. The largest absolute Gasteiger partial charge is 0.441 e. The molecule has 118 valence electrons. The van der Waals surface area contributed by atoms with Gasteiger partial charge in [0.1, 0.15) is 0 Å². The summed E-state index contributed by atoms with van der Waals surface area (Å²) in [6.45, 7) is 2.41. The molecule has 0 aliphatic carbocycles. The summed E-state index contributed by atoms with van der Waals surface area (Å²) in [5.74, 6) is 0.126. The van der Waals surface area contributed by atoms with Crippen molar-refractivity contribution < 1.29 is 18.0 Å². The number of likely N-dealkylation sites (N-methyl/N-ethyl adjacent to an activating group) is 1. The molecule has 1 heterocycles. The van der Waals surface area contributed by atoms with Crippen LogP contribution in [-0.2, 0) is 4.79 Å². The fourth-order valence-electron chi connectivity index (χ4n) is 2.06. The molecule has 1 fully saturated rings. The number of nitrogens with zero attached hydrogens (tertiary/aromatic N) is 2. The molecular weight excluding hydrogens is 291 g/mol. The fourth-order valence-corrected chi connectivity index (χ4v) is 2.51. The molecule has 0 aromatic heterocycles. The molecule has 0 bridgehead atoms. The van der Waals surface area contributed by atoms with E-state index in [1.165, 1.54) is 0 Å². The molecule has 4 nitrogen and oxygen atoms in total. The second-order valence-corrected chi connectivity index (χ2v) is 6.25. The van der Waals surface area contributed by atoms with Crippen LogP contribution in [0.4, 0.5) is 13.2 Å². The quantitative estimate of drug-likeness (QED) is 0.752. The van der Waals surface area contributed by atoms with Gasteiger partial charge < -0.3 is 10.2 Å². The van der Waals surface area contributed by atoms with E-state index in [1.807, 2.05) is 0 Å². The molecule has 1 saturated heterocycles. The normalized spacial score (nSPS) is 18.2. The number of likely N-dealkylation sites (tertiary alicyclic amines) is 1. The molecule has 0 aromatic rings. The topological polar surface area (TPSA) is 35.6 Å². The lowest BCUT2D eigenvalue weighted by molar-refractivity contribution is -0.130. The van der Waals surface area contributed by atoms with E-state index in [2.05, 4.69) is 10.2 Å². The molecule has 0 unspecified atom stereocenters. The van der Waals surface area contributed by atoms with Gasteiger partial charge in [-0.2, -0.15) is 13.2 Å². The van der Waals surface area contributed by atoms with Crippen LogP contribution < -0.4 is 5.32 Å². The van der Waals surface area contributed by atoms with E-state index in [0.717, 1.165) is 25.9 Å². The molecular formula is C12H22F3N3OS. The molecule has 0 aromatic carbocycles. The third-order valence-corrected chi connectivity index (χ3v) is 3.98. The van der Waals surface area contributed by atoms with Crippen LogP contribution in [0.25, 0.3) is 0 Å². The number of thioether (sulfide) groups is 1. The molecule has 0 radical (unpaired) electrons. The molecule has 0 saturated carbocycles. The summed E-state index contributed by atoms with van der Waals surface area (Å²) >= 11 is 0.0112. The minimum absolute atomic E-state index is 0.0112. The Balaban J connectivity index is 2.12. The van der Waals surface area contributed by atoms with Crippen LogP contribution >= 0.6 is 11.8 Å². The van der Waals surface area contributed by atoms with Gasteiger partial charge in [0.05, 0.1) is 6.54 Å². The number of carbonyl (C=O) groups is 1. The van der Waals surface area contributed by atoms with Gasteiger partial charge >= 0.3 is 5.51 Å². The van der Waals surface area contributed by atoms with E-state index in [1.54, 1.807) is 19.0 Å². The van der Waals surface area contributed by atoms with Crippen LogP contribution in [0, 0.1) is 0 Å². The lowest BCUT2D eigenvalue weighted by Gasteiger charge is -2.32. The predicted octanol–water partition coefficient (Wildman–Crippen LogP) is 1.38. The van der Waals surface area contributed by atoms with Gasteiger partial charge in [0.15, 0.2) is 0 Å². The second-order valence-electron chi connectivity index (χ2n) is 5.09. The number of piperidine rings is 1. The Morgan fingerprint density at radius 3 is 2.45 bits per heavy atom. The van der Waals surface area contributed by atoms with Crippen molar-refractivity contribution in [1.82, 2.24) is 15.1 Å². The van der Waals surface area contributed by atoms with E-state index < -0.39 is 5.51 Å². The van der Waals surface area contributed by atoms with Crippen molar-refractivity contribution in [1.29, 1.82) is 0 Å². The Morgan fingerprint density at radius 2 is 1.95 bits per heavy atom. The number of rotatable bonds is 6. The van der Waals surface area contributed by atoms with Crippen molar-refractivity contribution in [2.75, 3.05) is 46.0 Å². The number of amides is 1. The van der Waals surface area contributed by atoms with Crippen molar-refractivity contribution in [2.45, 2.75) is 24.4 Å². The number of nitrogens with one attached hydrogen (secondary N) is 1. The van der Waals surface area contributed by atoms with E-state index in [-0.39, 0.29) is 29.5 Å².